The highest BCUT2D eigenvalue weighted by Crippen LogP contribution is 2.24. The standard InChI is InChI=1S/C16H14ClNO3/c1-10(19)18-15-8-5-12(17)9-14(15)16(20)11-3-6-13(21-2)7-4-11/h3-9H,1-2H3,(H,18,19). The molecule has 0 fully saturated rings. The lowest BCUT2D eigenvalue weighted by Crippen LogP contribution is -2.11. The number of rotatable bonds is 4. The van der Waals surface area contributed by atoms with Gasteiger partial charge in [0.1, 0.15) is 5.75 Å². The van der Waals surface area contributed by atoms with Crippen LogP contribution in [0.5, 0.6) is 5.75 Å². The quantitative estimate of drug-likeness (QED) is 0.879. The highest BCUT2D eigenvalue weighted by molar-refractivity contribution is 6.31. The van der Waals surface area contributed by atoms with E-state index < -0.39 is 0 Å². The van der Waals surface area contributed by atoms with Crippen LogP contribution in [0.25, 0.3) is 0 Å². The normalized spacial score (nSPS) is 10.0. The molecule has 1 N–H and O–H groups in total. The van der Waals surface area contributed by atoms with E-state index in [2.05, 4.69) is 5.32 Å². The van der Waals surface area contributed by atoms with E-state index >= 15 is 0 Å². The molecule has 0 aliphatic rings. The first-order valence-electron chi connectivity index (χ1n) is 6.27. The Balaban J connectivity index is 2.41. The topological polar surface area (TPSA) is 55.4 Å². The zero-order chi connectivity index (χ0) is 15.4. The van der Waals surface area contributed by atoms with Crippen molar-refractivity contribution in [2.45, 2.75) is 6.92 Å². The summed E-state index contributed by atoms with van der Waals surface area (Å²) in [4.78, 5) is 23.8. The average molecular weight is 304 g/mol. The van der Waals surface area contributed by atoms with Crippen molar-refractivity contribution in [3.63, 3.8) is 0 Å². The Bertz CT molecular complexity index is 680. The summed E-state index contributed by atoms with van der Waals surface area (Å²) in [6.07, 6.45) is 0. The first-order valence-corrected chi connectivity index (χ1v) is 6.65. The van der Waals surface area contributed by atoms with Crippen molar-refractivity contribution < 1.29 is 14.3 Å². The number of carbonyl (C=O) groups is 2. The minimum Gasteiger partial charge on any atom is -0.497 e. The second-order valence-electron chi connectivity index (χ2n) is 4.43. The number of nitrogens with one attached hydrogen (secondary N) is 1. The number of ether oxygens (including phenoxy) is 1. The molecule has 1 amide bonds. The van der Waals surface area contributed by atoms with E-state index in [1.165, 1.54) is 6.92 Å². The van der Waals surface area contributed by atoms with Gasteiger partial charge < -0.3 is 10.1 Å². The third-order valence-corrected chi connectivity index (χ3v) is 3.12. The van der Waals surface area contributed by atoms with E-state index in [1.807, 2.05) is 0 Å². The number of methoxy groups -OCH3 is 1. The summed E-state index contributed by atoms with van der Waals surface area (Å²) >= 11 is 5.95. The molecule has 0 bridgehead atoms. The van der Waals surface area contributed by atoms with Crippen LogP contribution in [0.3, 0.4) is 0 Å². The third-order valence-electron chi connectivity index (χ3n) is 2.89. The van der Waals surface area contributed by atoms with Gasteiger partial charge in [-0.2, -0.15) is 0 Å². The highest BCUT2D eigenvalue weighted by atomic mass is 35.5. The lowest BCUT2D eigenvalue weighted by molar-refractivity contribution is -0.114. The Labute approximate surface area is 127 Å². The maximum atomic E-state index is 12.5. The van der Waals surface area contributed by atoms with Gasteiger partial charge in [0.05, 0.1) is 12.8 Å². The first kappa shape index (κ1) is 15.1. The molecule has 0 radical (unpaired) electrons. The maximum Gasteiger partial charge on any atom is 0.221 e. The van der Waals surface area contributed by atoms with Gasteiger partial charge in [0.15, 0.2) is 5.78 Å². The molecule has 21 heavy (non-hydrogen) atoms. The van der Waals surface area contributed by atoms with Crippen molar-refractivity contribution in [1.29, 1.82) is 0 Å². The fourth-order valence-electron chi connectivity index (χ4n) is 1.90. The minimum absolute atomic E-state index is 0.219. The van der Waals surface area contributed by atoms with Gasteiger partial charge in [-0.25, -0.2) is 0 Å². The van der Waals surface area contributed by atoms with Crippen LogP contribution in [-0.2, 0) is 4.79 Å². The van der Waals surface area contributed by atoms with Gasteiger partial charge >= 0.3 is 0 Å². The first-order chi connectivity index (χ1) is 10.0. The molecule has 2 rings (SSSR count). The number of benzene rings is 2. The van der Waals surface area contributed by atoms with Gasteiger partial charge in [0.2, 0.25) is 5.91 Å². The zero-order valence-electron chi connectivity index (χ0n) is 11.6. The minimum atomic E-state index is -0.249. The van der Waals surface area contributed by atoms with E-state index in [4.69, 9.17) is 16.3 Å². The molecule has 0 heterocycles. The number of halogens is 1. The highest BCUT2D eigenvalue weighted by Gasteiger charge is 2.15. The number of amides is 1. The van der Waals surface area contributed by atoms with Crippen LogP contribution in [0.15, 0.2) is 42.5 Å². The molecule has 0 saturated carbocycles. The Morgan fingerprint density at radius 2 is 1.76 bits per heavy atom. The summed E-state index contributed by atoms with van der Waals surface area (Å²) in [6, 6.07) is 11.5. The van der Waals surface area contributed by atoms with Crippen LogP contribution in [0.1, 0.15) is 22.8 Å². The summed E-state index contributed by atoms with van der Waals surface area (Å²) in [7, 11) is 1.56. The molecule has 0 saturated heterocycles. The van der Waals surface area contributed by atoms with Crippen molar-refractivity contribution >= 4 is 29.0 Å². The van der Waals surface area contributed by atoms with Crippen LogP contribution < -0.4 is 10.1 Å². The van der Waals surface area contributed by atoms with E-state index in [-0.39, 0.29) is 11.7 Å². The molecule has 0 aromatic heterocycles. The van der Waals surface area contributed by atoms with Crippen molar-refractivity contribution in [3.8, 4) is 5.75 Å². The molecule has 108 valence electrons. The zero-order valence-corrected chi connectivity index (χ0v) is 12.4. The number of hydrogen-bond acceptors (Lipinski definition) is 3. The van der Waals surface area contributed by atoms with Crippen molar-refractivity contribution in [3.05, 3.63) is 58.6 Å². The van der Waals surface area contributed by atoms with Crippen LogP contribution in [0.4, 0.5) is 5.69 Å². The molecule has 4 nitrogen and oxygen atoms in total. The molecule has 0 unspecified atom stereocenters. The molecule has 0 aliphatic heterocycles. The number of hydrogen-bond donors (Lipinski definition) is 1. The Hall–Kier alpha value is -2.33. The van der Waals surface area contributed by atoms with Crippen molar-refractivity contribution in [1.82, 2.24) is 0 Å². The number of ketones is 1. The average Bonchev–Trinajstić information content (AvgIpc) is 2.48. The second-order valence-corrected chi connectivity index (χ2v) is 4.87. The van der Waals surface area contributed by atoms with E-state index in [0.717, 1.165) is 0 Å². The van der Waals surface area contributed by atoms with E-state index in [9.17, 15) is 9.59 Å². The van der Waals surface area contributed by atoms with Gasteiger partial charge in [-0.05, 0) is 42.5 Å². The van der Waals surface area contributed by atoms with Gasteiger partial charge in [-0.1, -0.05) is 11.6 Å². The maximum absolute atomic E-state index is 12.5. The summed E-state index contributed by atoms with van der Waals surface area (Å²) < 4.78 is 5.06. The number of carbonyl (C=O) groups excluding carboxylic acids is 2. The fraction of sp³-hybridized carbons (Fsp3) is 0.125. The molecule has 0 spiro atoms. The molecule has 0 aliphatic carbocycles. The summed E-state index contributed by atoms with van der Waals surface area (Å²) in [5.41, 5.74) is 1.28. The lowest BCUT2D eigenvalue weighted by Gasteiger charge is -2.10. The van der Waals surface area contributed by atoms with Crippen LogP contribution in [0, 0.1) is 0 Å². The summed E-state index contributed by atoms with van der Waals surface area (Å²) in [5.74, 6) is 0.199. The second kappa shape index (κ2) is 6.41. The summed E-state index contributed by atoms with van der Waals surface area (Å²) in [6.45, 7) is 1.39. The van der Waals surface area contributed by atoms with Crippen LogP contribution in [-0.4, -0.2) is 18.8 Å². The predicted molar refractivity (Wildman–Crippen MR) is 82.2 cm³/mol. The fourth-order valence-corrected chi connectivity index (χ4v) is 2.07. The number of anilines is 1. The Morgan fingerprint density at radius 3 is 2.33 bits per heavy atom. The van der Waals surface area contributed by atoms with Crippen molar-refractivity contribution in [2.75, 3.05) is 12.4 Å². The molecule has 2 aromatic carbocycles. The Kier molecular flexibility index (Phi) is 4.60. The Morgan fingerprint density at radius 1 is 1.10 bits per heavy atom. The third kappa shape index (κ3) is 3.61. The molecular formula is C16H14ClNO3. The van der Waals surface area contributed by atoms with Crippen LogP contribution in [0.2, 0.25) is 5.02 Å². The molecule has 2 aromatic rings. The predicted octanol–water partition coefficient (Wildman–Crippen LogP) is 3.54. The van der Waals surface area contributed by atoms with Gasteiger partial charge in [-0.15, -0.1) is 0 Å². The SMILES string of the molecule is COc1ccc(C(=O)c2cc(Cl)ccc2NC(C)=O)cc1. The van der Waals surface area contributed by atoms with Gasteiger partial charge in [0.25, 0.3) is 0 Å². The van der Waals surface area contributed by atoms with E-state index in [0.29, 0.717) is 27.6 Å². The molecule has 0 atom stereocenters. The lowest BCUT2D eigenvalue weighted by atomic mass is 10.0. The van der Waals surface area contributed by atoms with Crippen molar-refractivity contribution in [2.24, 2.45) is 0 Å². The smallest absolute Gasteiger partial charge is 0.221 e. The largest absolute Gasteiger partial charge is 0.497 e. The summed E-state index contributed by atoms with van der Waals surface area (Å²) in [5, 5.41) is 3.06. The van der Waals surface area contributed by atoms with Gasteiger partial charge in [-0.3, -0.25) is 9.59 Å². The monoisotopic (exact) mass is 303 g/mol. The molecule has 5 heteroatoms. The van der Waals surface area contributed by atoms with E-state index in [1.54, 1.807) is 49.6 Å². The van der Waals surface area contributed by atoms with Crippen LogP contribution >= 0.6 is 11.6 Å². The molecular weight excluding hydrogens is 290 g/mol. The van der Waals surface area contributed by atoms with Gasteiger partial charge in [0, 0.05) is 23.1 Å².